The molecule has 0 unspecified atom stereocenters. The van der Waals surface area contributed by atoms with Crippen LogP contribution >= 0.6 is 11.3 Å². The van der Waals surface area contributed by atoms with Crippen molar-refractivity contribution in [2.75, 3.05) is 0 Å². The van der Waals surface area contributed by atoms with Crippen molar-refractivity contribution in [3.63, 3.8) is 0 Å². The monoisotopic (exact) mass is 281 g/mol. The molecular weight excluding hydrogens is 266 g/mol. The number of hydrogen-bond donors (Lipinski definition) is 0. The second-order valence-corrected chi connectivity index (χ2v) is 5.58. The Bertz CT molecular complexity index is 767. The van der Waals surface area contributed by atoms with Crippen LogP contribution in [0.25, 0.3) is 10.6 Å². The van der Waals surface area contributed by atoms with Gasteiger partial charge in [0.1, 0.15) is 5.01 Å². The first-order valence-corrected chi connectivity index (χ1v) is 7.25. The van der Waals surface area contributed by atoms with Crippen molar-refractivity contribution in [2.24, 2.45) is 12.0 Å². The van der Waals surface area contributed by atoms with Crippen molar-refractivity contribution < 1.29 is 0 Å². The third-order valence-corrected chi connectivity index (χ3v) is 4.03. The maximum atomic E-state index is 4.62. The Morgan fingerprint density at radius 1 is 1.00 bits per heavy atom. The standard InChI is InChI=1S/C16H15N3S/c1-12-8-10-13(11-9-12)15-18-19(2)16(20-15)17-14-6-4-3-5-7-14/h3-11H,1-2H3. The zero-order valence-corrected chi connectivity index (χ0v) is 12.3. The first-order valence-electron chi connectivity index (χ1n) is 6.43. The summed E-state index contributed by atoms with van der Waals surface area (Å²) in [6, 6.07) is 18.3. The Labute approximate surface area is 121 Å². The molecule has 0 bridgehead atoms. The average Bonchev–Trinajstić information content (AvgIpc) is 2.82. The van der Waals surface area contributed by atoms with Gasteiger partial charge in [-0.15, -0.1) is 0 Å². The average molecular weight is 281 g/mol. The van der Waals surface area contributed by atoms with Gasteiger partial charge in [0, 0.05) is 12.6 Å². The van der Waals surface area contributed by atoms with Crippen molar-refractivity contribution in [1.29, 1.82) is 0 Å². The molecule has 3 nitrogen and oxygen atoms in total. The Kier molecular flexibility index (Phi) is 3.48. The summed E-state index contributed by atoms with van der Waals surface area (Å²) in [6.45, 7) is 2.09. The van der Waals surface area contributed by atoms with Crippen LogP contribution in [-0.2, 0) is 7.05 Å². The van der Waals surface area contributed by atoms with Crippen molar-refractivity contribution in [3.05, 3.63) is 65.0 Å². The van der Waals surface area contributed by atoms with Gasteiger partial charge in [-0.3, -0.25) is 0 Å². The summed E-state index contributed by atoms with van der Waals surface area (Å²) in [5, 5.41) is 5.54. The lowest BCUT2D eigenvalue weighted by molar-refractivity contribution is 0.732. The second kappa shape index (κ2) is 5.43. The summed E-state index contributed by atoms with van der Waals surface area (Å²) >= 11 is 1.60. The van der Waals surface area contributed by atoms with E-state index in [0.29, 0.717) is 0 Å². The molecule has 0 spiro atoms. The van der Waals surface area contributed by atoms with E-state index in [1.54, 1.807) is 11.3 Å². The fraction of sp³-hybridized carbons (Fsp3) is 0.125. The smallest absolute Gasteiger partial charge is 0.208 e. The van der Waals surface area contributed by atoms with Crippen LogP contribution in [0.5, 0.6) is 0 Å². The first kappa shape index (κ1) is 12.8. The molecule has 0 fully saturated rings. The Hall–Kier alpha value is -2.20. The van der Waals surface area contributed by atoms with E-state index >= 15 is 0 Å². The molecule has 0 amide bonds. The Morgan fingerprint density at radius 2 is 1.70 bits per heavy atom. The van der Waals surface area contributed by atoms with Crippen LogP contribution in [0.2, 0.25) is 0 Å². The minimum absolute atomic E-state index is 0.895. The molecule has 0 N–H and O–H groups in total. The molecule has 0 radical (unpaired) electrons. The predicted octanol–water partition coefficient (Wildman–Crippen LogP) is 3.69. The third-order valence-electron chi connectivity index (χ3n) is 2.99. The van der Waals surface area contributed by atoms with Crippen LogP contribution in [0.1, 0.15) is 5.56 Å². The van der Waals surface area contributed by atoms with Gasteiger partial charge in [-0.2, -0.15) is 5.10 Å². The van der Waals surface area contributed by atoms with E-state index in [1.807, 2.05) is 42.1 Å². The van der Waals surface area contributed by atoms with Crippen LogP contribution in [0.4, 0.5) is 5.69 Å². The lowest BCUT2D eigenvalue weighted by Gasteiger charge is -1.95. The van der Waals surface area contributed by atoms with Gasteiger partial charge in [-0.1, -0.05) is 59.4 Å². The molecule has 0 saturated heterocycles. The van der Waals surface area contributed by atoms with E-state index in [-0.39, 0.29) is 0 Å². The second-order valence-electron chi connectivity index (χ2n) is 4.63. The SMILES string of the molecule is Cc1ccc(-c2nn(C)c(=Nc3ccccc3)s2)cc1. The summed E-state index contributed by atoms with van der Waals surface area (Å²) in [5.74, 6) is 0. The molecule has 4 heteroatoms. The minimum Gasteiger partial charge on any atom is -0.241 e. The van der Waals surface area contributed by atoms with Gasteiger partial charge in [0.2, 0.25) is 4.80 Å². The van der Waals surface area contributed by atoms with E-state index < -0.39 is 0 Å². The maximum absolute atomic E-state index is 4.62. The molecule has 0 saturated carbocycles. The molecule has 2 aromatic carbocycles. The summed E-state index contributed by atoms with van der Waals surface area (Å²) in [5.41, 5.74) is 3.33. The third kappa shape index (κ3) is 2.70. The summed E-state index contributed by atoms with van der Waals surface area (Å²) in [7, 11) is 1.93. The molecule has 0 aliphatic carbocycles. The topological polar surface area (TPSA) is 30.2 Å². The molecule has 1 aromatic heterocycles. The Balaban J connectivity index is 2.03. The molecule has 100 valence electrons. The van der Waals surface area contributed by atoms with Crippen molar-refractivity contribution in [1.82, 2.24) is 9.78 Å². The molecule has 0 atom stereocenters. The van der Waals surface area contributed by atoms with Crippen molar-refractivity contribution >= 4 is 17.0 Å². The largest absolute Gasteiger partial charge is 0.241 e. The molecule has 1 heterocycles. The van der Waals surface area contributed by atoms with E-state index in [9.17, 15) is 0 Å². The Morgan fingerprint density at radius 3 is 2.40 bits per heavy atom. The van der Waals surface area contributed by atoms with Crippen LogP contribution in [0.15, 0.2) is 59.6 Å². The van der Waals surface area contributed by atoms with Crippen LogP contribution in [0.3, 0.4) is 0 Å². The normalized spacial score (nSPS) is 11.8. The van der Waals surface area contributed by atoms with Gasteiger partial charge in [-0.05, 0) is 19.1 Å². The molecule has 3 rings (SSSR count). The molecule has 3 aromatic rings. The van der Waals surface area contributed by atoms with Gasteiger partial charge >= 0.3 is 0 Å². The van der Waals surface area contributed by atoms with Crippen LogP contribution in [-0.4, -0.2) is 9.78 Å². The first-order chi connectivity index (χ1) is 9.72. The number of aryl methyl sites for hydroxylation is 2. The van der Waals surface area contributed by atoms with Crippen LogP contribution < -0.4 is 4.80 Å². The fourth-order valence-corrected chi connectivity index (χ4v) is 2.79. The summed E-state index contributed by atoms with van der Waals surface area (Å²) < 4.78 is 1.83. The molecule has 0 aliphatic rings. The van der Waals surface area contributed by atoms with Gasteiger partial charge in [-0.25, -0.2) is 9.67 Å². The molecule has 0 aliphatic heterocycles. The number of hydrogen-bond acceptors (Lipinski definition) is 3. The highest BCUT2D eigenvalue weighted by Gasteiger charge is 2.04. The maximum Gasteiger partial charge on any atom is 0.208 e. The minimum atomic E-state index is 0.895. The summed E-state index contributed by atoms with van der Waals surface area (Å²) in [4.78, 5) is 5.52. The molecular formula is C16H15N3S. The highest BCUT2D eigenvalue weighted by Crippen LogP contribution is 2.20. The highest BCUT2D eigenvalue weighted by molar-refractivity contribution is 7.12. The van der Waals surface area contributed by atoms with Crippen molar-refractivity contribution in [2.45, 2.75) is 6.92 Å². The number of rotatable bonds is 2. The van der Waals surface area contributed by atoms with Gasteiger partial charge in [0.25, 0.3) is 0 Å². The zero-order chi connectivity index (χ0) is 13.9. The lowest BCUT2D eigenvalue weighted by atomic mass is 10.2. The number of nitrogens with zero attached hydrogens (tertiary/aromatic N) is 3. The number of para-hydroxylation sites is 1. The highest BCUT2D eigenvalue weighted by atomic mass is 32.1. The van der Waals surface area contributed by atoms with Gasteiger partial charge in [0.15, 0.2) is 0 Å². The van der Waals surface area contributed by atoms with E-state index in [1.165, 1.54) is 5.56 Å². The lowest BCUT2D eigenvalue weighted by Crippen LogP contribution is -2.10. The number of aromatic nitrogens is 2. The van der Waals surface area contributed by atoms with E-state index in [2.05, 4.69) is 41.3 Å². The predicted molar refractivity (Wildman–Crippen MR) is 82.9 cm³/mol. The zero-order valence-electron chi connectivity index (χ0n) is 11.4. The fourth-order valence-electron chi connectivity index (χ4n) is 1.87. The number of benzene rings is 2. The van der Waals surface area contributed by atoms with E-state index in [4.69, 9.17) is 0 Å². The van der Waals surface area contributed by atoms with Crippen LogP contribution in [0, 0.1) is 6.92 Å². The quantitative estimate of drug-likeness (QED) is 0.704. The van der Waals surface area contributed by atoms with Gasteiger partial charge in [0.05, 0.1) is 5.69 Å². The molecule has 20 heavy (non-hydrogen) atoms. The van der Waals surface area contributed by atoms with Gasteiger partial charge < -0.3 is 0 Å². The van der Waals surface area contributed by atoms with E-state index in [0.717, 1.165) is 21.1 Å². The van der Waals surface area contributed by atoms with Crippen molar-refractivity contribution in [3.8, 4) is 10.6 Å². The summed E-state index contributed by atoms with van der Waals surface area (Å²) in [6.07, 6.45) is 0.